The molecule has 0 spiro atoms. The van der Waals surface area contributed by atoms with Crippen LogP contribution in [-0.2, 0) is 11.1 Å². The van der Waals surface area contributed by atoms with E-state index >= 15 is 0 Å². The molecular formula is C35H22N5O2S-. The summed E-state index contributed by atoms with van der Waals surface area (Å²) in [4.78, 5) is 0.248. The zero-order chi connectivity index (χ0) is 29.3. The van der Waals surface area contributed by atoms with E-state index in [4.69, 9.17) is 15.5 Å². The molecule has 1 atom stereocenters. The van der Waals surface area contributed by atoms with Gasteiger partial charge in [0.25, 0.3) is 0 Å². The highest BCUT2D eigenvalue weighted by molar-refractivity contribution is 7.79. The number of hydrogen-bond donors (Lipinski definition) is 0. The molecule has 0 saturated carbocycles. The van der Waals surface area contributed by atoms with Crippen molar-refractivity contribution in [2.45, 2.75) is 4.90 Å². The summed E-state index contributed by atoms with van der Waals surface area (Å²) in [5.41, 5.74) is 8.11. The van der Waals surface area contributed by atoms with E-state index in [1.54, 1.807) is 24.3 Å². The van der Waals surface area contributed by atoms with E-state index in [1.165, 1.54) is 0 Å². The molecule has 206 valence electrons. The summed E-state index contributed by atoms with van der Waals surface area (Å²) < 4.78 is 27.3. The van der Waals surface area contributed by atoms with Gasteiger partial charge in [0.2, 0.25) is 0 Å². The first-order chi connectivity index (χ1) is 21.2. The van der Waals surface area contributed by atoms with Crippen molar-refractivity contribution in [3.8, 4) is 17.4 Å². The Labute approximate surface area is 249 Å². The molecule has 5 aromatic carbocycles. The molecule has 3 heterocycles. The number of fused-ring (bicyclic) bond motifs is 7. The number of nitriles is 1. The normalized spacial score (nSPS) is 11.8. The van der Waals surface area contributed by atoms with Crippen LogP contribution in [0.4, 0.5) is 0 Å². The largest absolute Gasteiger partial charge is 0.768 e. The average Bonchev–Trinajstić information content (AvgIpc) is 3.59. The number of benzene rings is 5. The van der Waals surface area contributed by atoms with Gasteiger partial charge in [0.15, 0.2) is 0 Å². The maximum absolute atomic E-state index is 11.5. The Morgan fingerprint density at radius 3 is 1.49 bits per heavy atom. The summed E-state index contributed by atoms with van der Waals surface area (Å²) in [7, 11) is 0. The van der Waals surface area contributed by atoms with Crippen LogP contribution < -0.4 is 0 Å². The fourth-order valence-corrected chi connectivity index (χ4v) is 5.87. The molecule has 7 nitrogen and oxygen atoms in total. The van der Waals surface area contributed by atoms with Crippen LogP contribution in [0.25, 0.3) is 55.2 Å². The van der Waals surface area contributed by atoms with Crippen LogP contribution >= 0.6 is 0 Å². The van der Waals surface area contributed by atoms with Gasteiger partial charge < -0.3 is 13.7 Å². The molecule has 3 aromatic heterocycles. The summed E-state index contributed by atoms with van der Waals surface area (Å²) in [5.74, 6) is 0. The van der Waals surface area contributed by atoms with Crippen LogP contribution in [0.15, 0.2) is 138 Å². The number of aromatic nitrogens is 4. The van der Waals surface area contributed by atoms with Crippen LogP contribution in [0.5, 0.6) is 0 Å². The fraction of sp³-hybridized carbons (Fsp3) is 0. The highest BCUT2D eigenvalue weighted by Crippen LogP contribution is 2.39. The second-order valence-electron chi connectivity index (χ2n) is 9.84. The first-order valence-corrected chi connectivity index (χ1v) is 14.6. The van der Waals surface area contributed by atoms with E-state index in [1.807, 2.05) is 84.9 Å². The van der Waals surface area contributed by atoms with Crippen LogP contribution in [0, 0.1) is 11.3 Å². The lowest BCUT2D eigenvalue weighted by molar-refractivity contribution is 0.537. The first-order valence-electron chi connectivity index (χ1n) is 13.5. The lowest BCUT2D eigenvalue weighted by atomic mass is 10.2. The molecule has 0 radical (unpaired) electrons. The second-order valence-corrected chi connectivity index (χ2v) is 10.8. The summed E-state index contributed by atoms with van der Waals surface area (Å²) in [5, 5.41) is 19.7. The van der Waals surface area contributed by atoms with Crippen molar-refractivity contribution in [2.75, 3.05) is 0 Å². The van der Waals surface area contributed by atoms with E-state index < -0.39 is 11.1 Å². The van der Waals surface area contributed by atoms with Gasteiger partial charge in [-0.2, -0.15) is 5.26 Å². The molecule has 8 rings (SSSR count). The number of nitrogens with zero attached hydrogens (tertiary/aromatic N) is 5. The molecule has 43 heavy (non-hydrogen) atoms. The predicted octanol–water partition coefficient (Wildman–Crippen LogP) is 7.47. The maximum Gasteiger partial charge on any atom is 0.121 e. The van der Waals surface area contributed by atoms with E-state index in [0.717, 1.165) is 55.2 Å². The molecule has 8 aromatic rings. The number of rotatable bonds is 3. The quantitative estimate of drug-likeness (QED) is 0.203. The van der Waals surface area contributed by atoms with Gasteiger partial charge in [-0.1, -0.05) is 72.8 Å². The van der Waals surface area contributed by atoms with Gasteiger partial charge in [0.05, 0.1) is 22.7 Å². The Morgan fingerprint density at radius 2 is 1.02 bits per heavy atom. The Bertz CT molecular complexity index is 2320. The van der Waals surface area contributed by atoms with Crippen molar-refractivity contribution in [3.05, 3.63) is 139 Å². The van der Waals surface area contributed by atoms with Crippen LogP contribution in [0.2, 0.25) is 0 Å². The van der Waals surface area contributed by atoms with Crippen LogP contribution in [-0.4, -0.2) is 28.1 Å². The summed E-state index contributed by atoms with van der Waals surface area (Å²) >= 11 is -2.29. The Balaban J connectivity index is 0.000000328. The minimum Gasteiger partial charge on any atom is -0.768 e. The molecule has 0 aliphatic carbocycles. The van der Waals surface area contributed by atoms with Crippen LogP contribution in [0.3, 0.4) is 0 Å². The van der Waals surface area contributed by atoms with Gasteiger partial charge >= 0.3 is 0 Å². The van der Waals surface area contributed by atoms with Crippen molar-refractivity contribution in [2.24, 2.45) is 0 Å². The van der Waals surface area contributed by atoms with Gasteiger partial charge in [-0.15, -0.1) is 10.2 Å². The lowest BCUT2D eigenvalue weighted by Crippen LogP contribution is -2.00. The van der Waals surface area contributed by atoms with Gasteiger partial charge in [0, 0.05) is 27.0 Å². The third kappa shape index (κ3) is 4.53. The summed E-state index contributed by atoms with van der Waals surface area (Å²) in [6.45, 7) is 0. The third-order valence-corrected chi connectivity index (χ3v) is 8.03. The van der Waals surface area contributed by atoms with E-state index in [9.17, 15) is 8.76 Å². The SMILES string of the molecule is N#Cc1ccccc1.O=S([O-])c1ccc(-n2c3ccccc3c3nnc4c5ccccc5n(-c5ccccc5)c4c32)cc1. The van der Waals surface area contributed by atoms with Gasteiger partial charge in [-0.25, -0.2) is 0 Å². The molecule has 0 aliphatic rings. The molecular weight excluding hydrogens is 554 g/mol. The minimum absolute atomic E-state index is 0.248. The Kier molecular flexibility index (Phi) is 6.72. The predicted molar refractivity (Wildman–Crippen MR) is 169 cm³/mol. The van der Waals surface area contributed by atoms with Crippen molar-refractivity contribution >= 4 is 55.0 Å². The minimum atomic E-state index is -2.29. The van der Waals surface area contributed by atoms with Crippen molar-refractivity contribution < 1.29 is 8.76 Å². The fourth-order valence-electron chi connectivity index (χ4n) is 5.52. The zero-order valence-corrected chi connectivity index (χ0v) is 23.5. The standard InChI is InChI=1S/C28H18N4O2S.C7H5N/c33-35(34)20-16-14-19(15-17-20)32-24-13-7-5-11-22(24)26-28(32)27-25(29-30-26)21-10-4-6-12-23(21)31(27)18-8-2-1-3-9-18;8-6-7-4-2-1-3-5-7/h1-17H,(H,33,34);1-5H/p-1. The molecule has 0 saturated heterocycles. The van der Waals surface area contributed by atoms with Crippen LogP contribution in [0.1, 0.15) is 5.56 Å². The second kappa shape index (κ2) is 11.0. The van der Waals surface area contributed by atoms with Gasteiger partial charge in [-0.05, 0) is 71.7 Å². The topological polar surface area (TPSA) is 99.6 Å². The van der Waals surface area contributed by atoms with Gasteiger partial charge in [-0.3, -0.25) is 4.21 Å². The molecule has 0 bridgehead atoms. The molecule has 1 unspecified atom stereocenters. The van der Waals surface area contributed by atoms with E-state index in [0.29, 0.717) is 5.56 Å². The smallest absolute Gasteiger partial charge is 0.121 e. The molecule has 0 amide bonds. The first kappa shape index (κ1) is 26.3. The highest BCUT2D eigenvalue weighted by atomic mass is 32.2. The van der Waals surface area contributed by atoms with E-state index in [-0.39, 0.29) is 4.90 Å². The average molecular weight is 577 g/mol. The maximum atomic E-state index is 11.5. The Morgan fingerprint density at radius 1 is 0.581 bits per heavy atom. The summed E-state index contributed by atoms with van der Waals surface area (Å²) in [6, 6.07) is 44.6. The zero-order valence-electron chi connectivity index (χ0n) is 22.7. The number of para-hydroxylation sites is 3. The molecule has 0 aliphatic heterocycles. The molecule has 8 heteroatoms. The molecule has 0 N–H and O–H groups in total. The highest BCUT2D eigenvalue weighted by Gasteiger charge is 2.22. The van der Waals surface area contributed by atoms with E-state index in [2.05, 4.69) is 39.5 Å². The number of hydrogen-bond acceptors (Lipinski definition) is 5. The van der Waals surface area contributed by atoms with Crippen molar-refractivity contribution in [1.82, 2.24) is 19.3 Å². The third-order valence-electron chi connectivity index (χ3n) is 7.37. The monoisotopic (exact) mass is 576 g/mol. The lowest BCUT2D eigenvalue weighted by Gasteiger charge is -2.12. The summed E-state index contributed by atoms with van der Waals surface area (Å²) in [6.07, 6.45) is 0. The van der Waals surface area contributed by atoms with Gasteiger partial charge in [0.1, 0.15) is 22.1 Å². The molecule has 0 fully saturated rings. The van der Waals surface area contributed by atoms with Crippen molar-refractivity contribution in [3.63, 3.8) is 0 Å². The van der Waals surface area contributed by atoms with Crippen molar-refractivity contribution in [1.29, 1.82) is 5.26 Å². The Hall–Kier alpha value is -5.62.